The Bertz CT molecular complexity index is 1340. The number of urea groups is 1. The molecule has 1 fully saturated rings. The average Bonchev–Trinajstić information content (AvgIpc) is 3.24. The van der Waals surface area contributed by atoms with Crippen LogP contribution in [0.4, 0.5) is 4.79 Å². The van der Waals surface area contributed by atoms with E-state index in [0.29, 0.717) is 32.7 Å². The lowest BCUT2D eigenvalue weighted by atomic mass is 9.83. The normalized spacial score (nSPS) is 19.7. The van der Waals surface area contributed by atoms with E-state index < -0.39 is 6.04 Å². The van der Waals surface area contributed by atoms with Crippen molar-refractivity contribution >= 4 is 22.8 Å². The van der Waals surface area contributed by atoms with E-state index in [4.69, 9.17) is 0 Å². The first-order valence-electron chi connectivity index (χ1n) is 12.9. The van der Waals surface area contributed by atoms with Gasteiger partial charge in [-0.1, -0.05) is 31.5 Å². The van der Waals surface area contributed by atoms with Gasteiger partial charge < -0.3 is 24.7 Å². The molecule has 8 nitrogen and oxygen atoms in total. The number of piperidine rings is 1. The van der Waals surface area contributed by atoms with Gasteiger partial charge in [0.15, 0.2) is 0 Å². The average molecular weight is 490 g/mol. The van der Waals surface area contributed by atoms with E-state index in [-0.39, 0.29) is 35.3 Å². The number of amides is 3. The molecule has 8 heteroatoms. The zero-order valence-corrected chi connectivity index (χ0v) is 21.2. The first kappa shape index (κ1) is 24.2. The highest BCUT2D eigenvalue weighted by Crippen LogP contribution is 2.34. The summed E-state index contributed by atoms with van der Waals surface area (Å²) in [6, 6.07) is 13.0. The van der Waals surface area contributed by atoms with Crippen LogP contribution < -0.4 is 16.2 Å². The summed E-state index contributed by atoms with van der Waals surface area (Å²) in [5.74, 6) is 0.171. The summed E-state index contributed by atoms with van der Waals surface area (Å²) in [5, 5.41) is 7.19. The molecule has 1 aromatic carbocycles. The molecule has 3 amide bonds. The molecule has 0 radical (unpaired) electrons. The minimum absolute atomic E-state index is 0.0275. The van der Waals surface area contributed by atoms with Crippen LogP contribution in [0.1, 0.15) is 37.4 Å². The lowest BCUT2D eigenvalue weighted by Crippen LogP contribution is -2.57. The second kappa shape index (κ2) is 9.84. The Morgan fingerprint density at radius 1 is 1.08 bits per heavy atom. The van der Waals surface area contributed by atoms with Crippen molar-refractivity contribution in [1.82, 2.24) is 24.7 Å². The molecular weight excluding hydrogens is 454 g/mol. The lowest BCUT2D eigenvalue weighted by Gasteiger charge is -2.43. The summed E-state index contributed by atoms with van der Waals surface area (Å²) in [7, 11) is 0. The summed E-state index contributed by atoms with van der Waals surface area (Å²) >= 11 is 0. The van der Waals surface area contributed by atoms with E-state index in [1.54, 1.807) is 12.1 Å². The zero-order valence-electron chi connectivity index (χ0n) is 21.2. The van der Waals surface area contributed by atoms with Crippen LogP contribution in [0.5, 0.6) is 0 Å². The fourth-order valence-electron chi connectivity index (χ4n) is 5.75. The molecule has 190 valence electrons. The van der Waals surface area contributed by atoms with Crippen molar-refractivity contribution < 1.29 is 9.59 Å². The van der Waals surface area contributed by atoms with Gasteiger partial charge in [0.1, 0.15) is 6.04 Å². The van der Waals surface area contributed by atoms with Crippen LogP contribution >= 0.6 is 0 Å². The quantitative estimate of drug-likeness (QED) is 0.558. The molecule has 0 unspecified atom stereocenters. The maximum Gasteiger partial charge on any atom is 0.318 e. The van der Waals surface area contributed by atoms with Gasteiger partial charge >= 0.3 is 6.03 Å². The number of carbonyl (C=O) groups excluding carboxylic acids is 2. The number of carbonyl (C=O) groups is 2. The van der Waals surface area contributed by atoms with Crippen molar-refractivity contribution in [3.63, 3.8) is 0 Å². The second-order valence-electron chi connectivity index (χ2n) is 10.6. The minimum atomic E-state index is -0.613. The lowest BCUT2D eigenvalue weighted by molar-refractivity contribution is -0.124. The smallest absolute Gasteiger partial charge is 0.318 e. The summed E-state index contributed by atoms with van der Waals surface area (Å²) in [5.41, 5.74) is 3.39. The Labute approximate surface area is 211 Å². The number of rotatable bonds is 6. The predicted molar refractivity (Wildman–Crippen MR) is 140 cm³/mol. The van der Waals surface area contributed by atoms with Crippen LogP contribution in [-0.4, -0.2) is 51.6 Å². The predicted octanol–water partition coefficient (Wildman–Crippen LogP) is 3.08. The fourth-order valence-corrected chi connectivity index (χ4v) is 5.75. The highest BCUT2D eigenvalue weighted by molar-refractivity contribution is 5.87. The zero-order chi connectivity index (χ0) is 25.4. The maximum atomic E-state index is 13.2. The van der Waals surface area contributed by atoms with Crippen LogP contribution in [0, 0.1) is 18.8 Å². The number of aryl methyl sites for hydroxylation is 1. The van der Waals surface area contributed by atoms with Gasteiger partial charge in [0.25, 0.3) is 5.56 Å². The summed E-state index contributed by atoms with van der Waals surface area (Å²) in [4.78, 5) is 40.4. The number of pyridine rings is 1. The number of hydrogen-bond donors (Lipinski definition) is 2. The highest BCUT2D eigenvalue weighted by atomic mass is 16.2. The highest BCUT2D eigenvalue weighted by Gasteiger charge is 2.37. The Hall–Kier alpha value is -3.55. The number of nitrogens with zero attached hydrogens (tertiary/aromatic N) is 3. The maximum absolute atomic E-state index is 13.2. The number of likely N-dealkylation sites (tertiary alicyclic amines) is 1. The molecule has 3 atom stereocenters. The molecule has 2 aliphatic rings. The van der Waals surface area contributed by atoms with Gasteiger partial charge in [0, 0.05) is 62.1 Å². The molecule has 36 heavy (non-hydrogen) atoms. The van der Waals surface area contributed by atoms with Gasteiger partial charge in [-0.25, -0.2) is 4.79 Å². The monoisotopic (exact) mass is 489 g/mol. The number of nitrogens with one attached hydrogen (secondary N) is 2. The van der Waals surface area contributed by atoms with E-state index in [0.717, 1.165) is 17.6 Å². The molecule has 1 saturated heterocycles. The molecule has 2 aliphatic heterocycles. The molecule has 4 heterocycles. The Kier molecular flexibility index (Phi) is 6.60. The Balaban J connectivity index is 1.19. The van der Waals surface area contributed by atoms with E-state index in [9.17, 15) is 14.4 Å². The standard InChI is InChI=1S/C28H35N5O3/c1-18(2)26(27(35)29-10-12-31-11-9-21-13-19(3)7-8-23(21)31)30-28(36)32-15-20-14-22(17-32)24-5-4-6-25(34)33(24)16-20/h4-9,11,13,18,20,22,26H,10,12,14-17H2,1-3H3,(H,29,35)(H,30,36)/t20-,22-,26-/m0/s1. The van der Waals surface area contributed by atoms with Gasteiger partial charge in [0.2, 0.25) is 5.91 Å². The van der Waals surface area contributed by atoms with E-state index in [1.807, 2.05) is 35.6 Å². The van der Waals surface area contributed by atoms with Crippen molar-refractivity contribution in [2.45, 2.75) is 52.2 Å². The van der Waals surface area contributed by atoms with Crippen LogP contribution in [0.15, 0.2) is 53.5 Å². The molecule has 5 rings (SSSR count). The van der Waals surface area contributed by atoms with Crippen LogP contribution in [0.25, 0.3) is 10.9 Å². The van der Waals surface area contributed by atoms with Crippen molar-refractivity contribution in [2.24, 2.45) is 11.8 Å². The molecule has 3 aromatic rings. The van der Waals surface area contributed by atoms with Crippen molar-refractivity contribution in [3.05, 3.63) is 70.3 Å². The molecule has 2 aromatic heterocycles. The Morgan fingerprint density at radius 3 is 2.72 bits per heavy atom. The van der Waals surface area contributed by atoms with Crippen molar-refractivity contribution in [2.75, 3.05) is 19.6 Å². The third-order valence-electron chi connectivity index (χ3n) is 7.57. The van der Waals surface area contributed by atoms with E-state index in [2.05, 4.69) is 46.4 Å². The first-order chi connectivity index (χ1) is 17.3. The minimum Gasteiger partial charge on any atom is -0.353 e. The SMILES string of the molecule is Cc1ccc2c(ccn2CCNC(=O)[C@@H](NC(=O)N2C[C@@H]3C[C@@H](C2)c2cccc(=O)n2C3)C(C)C)c1. The fraction of sp³-hybridized carbons (Fsp3) is 0.464. The van der Waals surface area contributed by atoms with Crippen LogP contribution in [-0.2, 0) is 17.9 Å². The molecule has 0 aliphatic carbocycles. The molecular formula is C28H35N5O3. The molecule has 0 spiro atoms. The van der Waals surface area contributed by atoms with Crippen molar-refractivity contribution in [1.29, 1.82) is 0 Å². The van der Waals surface area contributed by atoms with Gasteiger partial charge in [0.05, 0.1) is 0 Å². The summed E-state index contributed by atoms with van der Waals surface area (Å²) in [6.07, 6.45) is 3.02. The first-order valence-corrected chi connectivity index (χ1v) is 12.9. The second-order valence-corrected chi connectivity index (χ2v) is 10.6. The molecule has 2 N–H and O–H groups in total. The van der Waals surface area contributed by atoms with Gasteiger partial charge in [-0.3, -0.25) is 9.59 Å². The summed E-state index contributed by atoms with van der Waals surface area (Å²) < 4.78 is 3.99. The third-order valence-corrected chi connectivity index (χ3v) is 7.57. The van der Waals surface area contributed by atoms with Gasteiger partial charge in [-0.05, 0) is 54.8 Å². The third kappa shape index (κ3) is 4.76. The van der Waals surface area contributed by atoms with E-state index >= 15 is 0 Å². The van der Waals surface area contributed by atoms with Gasteiger partial charge in [-0.15, -0.1) is 0 Å². The van der Waals surface area contributed by atoms with Crippen LogP contribution in [0.2, 0.25) is 0 Å². The van der Waals surface area contributed by atoms with Crippen molar-refractivity contribution in [3.8, 4) is 0 Å². The number of hydrogen-bond acceptors (Lipinski definition) is 3. The number of aromatic nitrogens is 2. The topological polar surface area (TPSA) is 88.4 Å². The van der Waals surface area contributed by atoms with Gasteiger partial charge in [-0.2, -0.15) is 0 Å². The molecule has 2 bridgehead atoms. The summed E-state index contributed by atoms with van der Waals surface area (Å²) in [6.45, 7) is 8.89. The number of fused-ring (bicyclic) bond motifs is 5. The number of benzene rings is 1. The Morgan fingerprint density at radius 2 is 1.92 bits per heavy atom. The van der Waals surface area contributed by atoms with E-state index in [1.165, 1.54) is 10.9 Å². The largest absolute Gasteiger partial charge is 0.353 e. The molecule has 0 saturated carbocycles. The van der Waals surface area contributed by atoms with Crippen LogP contribution in [0.3, 0.4) is 0 Å².